The van der Waals surface area contributed by atoms with Crippen molar-refractivity contribution in [1.29, 1.82) is 0 Å². The van der Waals surface area contributed by atoms with Crippen molar-refractivity contribution in [2.45, 2.75) is 66.1 Å². The van der Waals surface area contributed by atoms with E-state index in [1.54, 1.807) is 0 Å². The molecule has 2 aliphatic rings. The van der Waals surface area contributed by atoms with Gasteiger partial charge in [0.1, 0.15) is 11.6 Å². The minimum absolute atomic E-state index is 0.261. The van der Waals surface area contributed by atoms with E-state index in [0.717, 1.165) is 66.6 Å². The summed E-state index contributed by atoms with van der Waals surface area (Å²) >= 11 is 0. The summed E-state index contributed by atoms with van der Waals surface area (Å²) in [6, 6.07) is 2.11. The smallest absolute Gasteiger partial charge is 0.226 e. The van der Waals surface area contributed by atoms with Gasteiger partial charge in [0.2, 0.25) is 5.91 Å². The molecule has 144 valence electrons. The quantitative estimate of drug-likeness (QED) is 0.878. The van der Waals surface area contributed by atoms with Crippen LogP contribution in [0.25, 0.3) is 0 Å². The van der Waals surface area contributed by atoms with Gasteiger partial charge in [-0.2, -0.15) is 5.10 Å². The normalized spacial score (nSPS) is 16.8. The zero-order chi connectivity index (χ0) is 19.0. The van der Waals surface area contributed by atoms with Gasteiger partial charge in [-0.05, 0) is 39.2 Å². The van der Waals surface area contributed by atoms with Crippen molar-refractivity contribution in [2.24, 2.45) is 5.92 Å². The van der Waals surface area contributed by atoms with E-state index in [0.29, 0.717) is 19.0 Å². The molecule has 7 nitrogen and oxygen atoms in total. The average molecular weight is 368 g/mol. The van der Waals surface area contributed by atoms with Crippen molar-refractivity contribution in [3.05, 3.63) is 34.5 Å². The third-order valence-corrected chi connectivity index (χ3v) is 5.73. The van der Waals surface area contributed by atoms with Gasteiger partial charge in [-0.3, -0.25) is 9.48 Å². The van der Waals surface area contributed by atoms with Crippen LogP contribution in [0.5, 0.6) is 0 Å². The van der Waals surface area contributed by atoms with E-state index in [2.05, 4.69) is 28.3 Å². The van der Waals surface area contributed by atoms with Crippen molar-refractivity contribution < 1.29 is 4.79 Å². The molecule has 27 heavy (non-hydrogen) atoms. The maximum Gasteiger partial charge on any atom is 0.226 e. The SMILES string of the molecule is CCc1c(C)nc(C)nc1NCc1cc2n(n1)CCN(C(=O)C1CCC1)C2. The van der Waals surface area contributed by atoms with Crippen molar-refractivity contribution in [1.82, 2.24) is 24.6 Å². The molecule has 1 fully saturated rings. The molecule has 2 aromatic heterocycles. The number of hydrogen-bond donors (Lipinski definition) is 1. The molecule has 0 saturated heterocycles. The number of nitrogens with zero attached hydrogens (tertiary/aromatic N) is 5. The van der Waals surface area contributed by atoms with E-state index in [1.807, 2.05) is 23.4 Å². The van der Waals surface area contributed by atoms with Gasteiger partial charge >= 0.3 is 0 Å². The molecule has 1 aliphatic carbocycles. The number of carbonyl (C=O) groups is 1. The second-order valence-electron chi connectivity index (χ2n) is 7.63. The van der Waals surface area contributed by atoms with E-state index < -0.39 is 0 Å². The minimum atomic E-state index is 0.261. The number of fused-ring (bicyclic) bond motifs is 1. The van der Waals surface area contributed by atoms with Crippen molar-refractivity contribution in [3.63, 3.8) is 0 Å². The number of amides is 1. The van der Waals surface area contributed by atoms with Crippen molar-refractivity contribution >= 4 is 11.7 Å². The van der Waals surface area contributed by atoms with E-state index in [9.17, 15) is 4.79 Å². The summed E-state index contributed by atoms with van der Waals surface area (Å²) in [7, 11) is 0. The Hall–Kier alpha value is -2.44. The van der Waals surface area contributed by atoms with Gasteiger partial charge in [0.25, 0.3) is 0 Å². The molecule has 7 heteroatoms. The Balaban J connectivity index is 1.44. The summed E-state index contributed by atoms with van der Waals surface area (Å²) in [6.07, 6.45) is 4.20. The second kappa shape index (κ2) is 7.29. The molecule has 1 amide bonds. The third-order valence-electron chi connectivity index (χ3n) is 5.73. The molecule has 0 atom stereocenters. The van der Waals surface area contributed by atoms with E-state index in [4.69, 9.17) is 5.10 Å². The predicted molar refractivity (Wildman–Crippen MR) is 103 cm³/mol. The van der Waals surface area contributed by atoms with Crippen molar-refractivity contribution in [2.75, 3.05) is 11.9 Å². The molecule has 0 aromatic carbocycles. The van der Waals surface area contributed by atoms with Gasteiger partial charge in [-0.1, -0.05) is 13.3 Å². The van der Waals surface area contributed by atoms with Crippen LogP contribution >= 0.6 is 0 Å². The first-order valence-corrected chi connectivity index (χ1v) is 9.97. The zero-order valence-corrected chi connectivity index (χ0v) is 16.5. The highest BCUT2D eigenvalue weighted by molar-refractivity contribution is 5.79. The van der Waals surface area contributed by atoms with Crippen LogP contribution in [0.3, 0.4) is 0 Å². The maximum absolute atomic E-state index is 12.5. The van der Waals surface area contributed by atoms with Crippen LogP contribution in [-0.4, -0.2) is 37.1 Å². The molecule has 0 bridgehead atoms. The molecule has 0 spiro atoms. The van der Waals surface area contributed by atoms with Gasteiger partial charge in [-0.25, -0.2) is 9.97 Å². The van der Waals surface area contributed by atoms with Gasteiger partial charge in [0.05, 0.1) is 31.0 Å². The highest BCUT2D eigenvalue weighted by Gasteiger charge is 2.31. The summed E-state index contributed by atoms with van der Waals surface area (Å²) in [6.45, 7) is 8.91. The lowest BCUT2D eigenvalue weighted by Crippen LogP contribution is -2.43. The largest absolute Gasteiger partial charge is 0.364 e. The van der Waals surface area contributed by atoms with Gasteiger partial charge in [0.15, 0.2) is 0 Å². The molecule has 0 unspecified atom stereocenters. The minimum Gasteiger partial charge on any atom is -0.364 e. The Morgan fingerprint density at radius 3 is 2.78 bits per heavy atom. The fraction of sp³-hybridized carbons (Fsp3) is 0.600. The number of hydrogen-bond acceptors (Lipinski definition) is 5. The molecule has 1 saturated carbocycles. The molecule has 1 aliphatic heterocycles. The Labute approximate surface area is 160 Å². The highest BCUT2D eigenvalue weighted by atomic mass is 16.2. The lowest BCUT2D eigenvalue weighted by Gasteiger charge is -2.34. The average Bonchev–Trinajstić information content (AvgIpc) is 3.00. The molecule has 2 aromatic rings. The monoisotopic (exact) mass is 368 g/mol. The summed E-state index contributed by atoms with van der Waals surface area (Å²) in [5.74, 6) is 2.27. The second-order valence-corrected chi connectivity index (χ2v) is 7.63. The standard InChI is InChI=1S/C20H28N6O/c1-4-18-13(2)22-14(3)23-19(18)21-11-16-10-17-12-25(8-9-26(17)24-16)20(27)15-6-5-7-15/h10,15H,4-9,11-12H2,1-3H3,(H,21,22,23). The number of rotatable bonds is 5. The van der Waals surface area contributed by atoms with Crippen LogP contribution in [0.1, 0.15) is 54.7 Å². The van der Waals surface area contributed by atoms with Crippen LogP contribution in [0, 0.1) is 19.8 Å². The molecule has 1 N–H and O–H groups in total. The Morgan fingerprint density at radius 1 is 1.26 bits per heavy atom. The lowest BCUT2D eigenvalue weighted by atomic mass is 9.84. The van der Waals surface area contributed by atoms with Crippen LogP contribution < -0.4 is 5.32 Å². The predicted octanol–water partition coefficient (Wildman–Crippen LogP) is 2.61. The first-order chi connectivity index (χ1) is 13.0. The molecule has 0 radical (unpaired) electrons. The van der Waals surface area contributed by atoms with Crippen LogP contribution in [0.15, 0.2) is 6.07 Å². The van der Waals surface area contributed by atoms with Gasteiger partial charge in [0, 0.05) is 23.7 Å². The first-order valence-electron chi connectivity index (χ1n) is 9.97. The molecule has 4 rings (SSSR count). The zero-order valence-electron chi connectivity index (χ0n) is 16.5. The topological polar surface area (TPSA) is 75.9 Å². The number of aryl methyl sites for hydroxylation is 2. The Bertz CT molecular complexity index is 854. The van der Waals surface area contributed by atoms with Crippen LogP contribution in [0.2, 0.25) is 0 Å². The third kappa shape index (κ3) is 3.55. The van der Waals surface area contributed by atoms with E-state index >= 15 is 0 Å². The number of carbonyl (C=O) groups excluding carboxylic acids is 1. The molecule has 3 heterocycles. The Morgan fingerprint density at radius 2 is 2.07 bits per heavy atom. The van der Waals surface area contributed by atoms with E-state index in [1.165, 1.54) is 6.42 Å². The summed E-state index contributed by atoms with van der Waals surface area (Å²) in [4.78, 5) is 23.5. The Kier molecular flexibility index (Phi) is 4.85. The van der Waals surface area contributed by atoms with Gasteiger partial charge in [-0.15, -0.1) is 0 Å². The van der Waals surface area contributed by atoms with Crippen LogP contribution in [-0.2, 0) is 30.8 Å². The number of nitrogens with one attached hydrogen (secondary N) is 1. The van der Waals surface area contributed by atoms with Gasteiger partial charge < -0.3 is 10.2 Å². The van der Waals surface area contributed by atoms with Crippen molar-refractivity contribution in [3.8, 4) is 0 Å². The summed E-state index contributed by atoms with van der Waals surface area (Å²) in [5, 5.41) is 8.15. The fourth-order valence-electron chi connectivity index (χ4n) is 3.99. The summed E-state index contributed by atoms with van der Waals surface area (Å²) in [5.41, 5.74) is 4.29. The number of aromatic nitrogens is 4. The van der Waals surface area contributed by atoms with E-state index in [-0.39, 0.29) is 5.92 Å². The highest BCUT2D eigenvalue weighted by Crippen LogP contribution is 2.29. The summed E-state index contributed by atoms with van der Waals surface area (Å²) < 4.78 is 2.04. The van der Waals surface area contributed by atoms with Crippen LogP contribution in [0.4, 0.5) is 5.82 Å². The number of anilines is 1. The maximum atomic E-state index is 12.5. The molecular formula is C20H28N6O. The molecular weight excluding hydrogens is 340 g/mol. The lowest BCUT2D eigenvalue weighted by molar-refractivity contribution is -0.139. The first kappa shape index (κ1) is 17.9. The fourth-order valence-corrected chi connectivity index (χ4v) is 3.99.